The Balaban J connectivity index is 2.08. The predicted octanol–water partition coefficient (Wildman–Crippen LogP) is 2.52. The van der Waals surface area contributed by atoms with Crippen molar-refractivity contribution in [2.75, 3.05) is 5.75 Å². The second-order valence-corrected chi connectivity index (χ2v) is 3.80. The van der Waals surface area contributed by atoms with Crippen LogP contribution in [0.5, 0.6) is 0 Å². The fourth-order valence-electron chi connectivity index (χ4n) is 1.40. The average molecular weight is 178 g/mol. The molecule has 2 heterocycles. The second-order valence-electron chi connectivity index (χ2n) is 2.96. The van der Waals surface area contributed by atoms with Gasteiger partial charge in [-0.1, -0.05) is 0 Å². The van der Waals surface area contributed by atoms with Gasteiger partial charge in [-0.3, -0.25) is 0 Å². The third-order valence-electron chi connectivity index (χ3n) is 2.05. The molecule has 0 amide bonds. The van der Waals surface area contributed by atoms with Crippen LogP contribution in [0.15, 0.2) is 24.1 Å². The summed E-state index contributed by atoms with van der Waals surface area (Å²) in [4.78, 5) is 0. The normalized spacial score (nSPS) is 23.5. The standard InChI is InChI=1S/C9H11BOS/c1-2-9(11-12-7-1)8-3-5-10-6-4-8/h3-6,9H,1-2,7H2. The SMILES string of the molecule is b1ccc(C2CCCSO2)cc1. The Kier molecular flexibility index (Phi) is 2.85. The van der Waals surface area contributed by atoms with Gasteiger partial charge in [0.2, 0.25) is 0 Å². The minimum absolute atomic E-state index is 0.324. The van der Waals surface area contributed by atoms with E-state index in [1.165, 1.54) is 12.0 Å². The summed E-state index contributed by atoms with van der Waals surface area (Å²) >= 11 is 1.60. The van der Waals surface area contributed by atoms with Crippen molar-refractivity contribution < 1.29 is 4.18 Å². The van der Waals surface area contributed by atoms with Crippen molar-refractivity contribution in [2.45, 2.75) is 18.9 Å². The summed E-state index contributed by atoms with van der Waals surface area (Å²) in [5.41, 5.74) is 1.31. The minimum atomic E-state index is 0.324. The van der Waals surface area contributed by atoms with E-state index < -0.39 is 0 Å². The molecule has 0 saturated carbocycles. The van der Waals surface area contributed by atoms with Crippen LogP contribution in [0.1, 0.15) is 24.5 Å². The van der Waals surface area contributed by atoms with Crippen LogP contribution in [0.2, 0.25) is 0 Å². The van der Waals surface area contributed by atoms with Crippen LogP contribution in [0, 0.1) is 0 Å². The molecule has 0 spiro atoms. The molecule has 12 heavy (non-hydrogen) atoms. The summed E-state index contributed by atoms with van der Waals surface area (Å²) in [6, 6.07) is 4.27. The van der Waals surface area contributed by atoms with Gasteiger partial charge in [-0.2, -0.15) is 0 Å². The molecule has 1 aromatic heterocycles. The van der Waals surface area contributed by atoms with Crippen LogP contribution in [-0.4, -0.2) is 12.7 Å². The van der Waals surface area contributed by atoms with E-state index >= 15 is 0 Å². The fraction of sp³-hybridized carbons (Fsp3) is 0.444. The van der Waals surface area contributed by atoms with Crippen LogP contribution in [0.3, 0.4) is 0 Å². The summed E-state index contributed by atoms with van der Waals surface area (Å²) < 4.78 is 5.58. The van der Waals surface area contributed by atoms with Gasteiger partial charge in [-0.05, 0) is 0 Å². The summed E-state index contributed by atoms with van der Waals surface area (Å²) in [6.07, 6.45) is 2.76. The molecule has 1 saturated heterocycles. The van der Waals surface area contributed by atoms with E-state index in [0.29, 0.717) is 6.10 Å². The van der Waals surface area contributed by atoms with Gasteiger partial charge in [-0.15, -0.1) is 0 Å². The van der Waals surface area contributed by atoms with Crippen molar-refractivity contribution in [3.8, 4) is 0 Å². The van der Waals surface area contributed by atoms with E-state index in [4.69, 9.17) is 4.18 Å². The second kappa shape index (κ2) is 4.10. The van der Waals surface area contributed by atoms with Gasteiger partial charge >= 0.3 is 77.5 Å². The molecule has 0 N–H and O–H groups in total. The van der Waals surface area contributed by atoms with Crippen LogP contribution in [0.25, 0.3) is 0 Å². The monoisotopic (exact) mass is 178 g/mol. The first-order valence-corrected chi connectivity index (χ1v) is 5.21. The van der Waals surface area contributed by atoms with Crippen LogP contribution < -0.4 is 0 Å². The van der Waals surface area contributed by atoms with Crippen LogP contribution in [0.4, 0.5) is 0 Å². The maximum absolute atomic E-state index is 5.58. The molecule has 1 nitrogen and oxygen atoms in total. The van der Waals surface area contributed by atoms with Crippen molar-refractivity contribution in [3.05, 3.63) is 29.6 Å². The molecule has 0 aromatic carbocycles. The Morgan fingerprint density at radius 1 is 1.42 bits per heavy atom. The molecule has 62 valence electrons. The molecular weight excluding hydrogens is 167 g/mol. The van der Waals surface area contributed by atoms with Gasteiger partial charge in [0.1, 0.15) is 0 Å². The quantitative estimate of drug-likeness (QED) is 0.611. The molecule has 0 radical (unpaired) electrons. The first-order chi connectivity index (χ1) is 5.97. The molecule has 0 aliphatic carbocycles. The summed E-state index contributed by atoms with van der Waals surface area (Å²) in [5, 5.41) is 0. The van der Waals surface area contributed by atoms with E-state index in [-0.39, 0.29) is 0 Å². The zero-order valence-corrected chi connectivity index (χ0v) is 7.72. The van der Waals surface area contributed by atoms with Crippen LogP contribution in [-0.2, 0) is 4.18 Å². The van der Waals surface area contributed by atoms with Crippen molar-refractivity contribution in [1.29, 1.82) is 0 Å². The summed E-state index contributed by atoms with van der Waals surface area (Å²) in [7, 11) is 0. The van der Waals surface area contributed by atoms with Crippen molar-refractivity contribution in [2.24, 2.45) is 0 Å². The molecule has 2 rings (SSSR count). The Bertz CT molecular complexity index is 234. The van der Waals surface area contributed by atoms with Crippen LogP contribution >= 0.6 is 12.0 Å². The number of rotatable bonds is 1. The first-order valence-electron chi connectivity index (χ1n) is 4.30. The van der Waals surface area contributed by atoms with Gasteiger partial charge in [0.25, 0.3) is 0 Å². The molecular formula is C9H11BOS. The molecule has 1 aliphatic heterocycles. The van der Waals surface area contributed by atoms with Gasteiger partial charge in [0.05, 0.1) is 0 Å². The molecule has 1 atom stereocenters. The topological polar surface area (TPSA) is 9.23 Å². The Morgan fingerprint density at radius 3 is 2.92 bits per heavy atom. The molecule has 3 heteroatoms. The van der Waals surface area contributed by atoms with Gasteiger partial charge in [0.15, 0.2) is 0 Å². The first kappa shape index (κ1) is 8.33. The Morgan fingerprint density at radius 2 is 2.25 bits per heavy atom. The van der Waals surface area contributed by atoms with Crippen molar-refractivity contribution in [3.63, 3.8) is 0 Å². The van der Waals surface area contributed by atoms with Crippen molar-refractivity contribution >= 4 is 19.0 Å². The number of hydrogen-bond acceptors (Lipinski definition) is 2. The zero-order chi connectivity index (χ0) is 8.23. The van der Waals surface area contributed by atoms with E-state index in [0.717, 1.165) is 12.2 Å². The van der Waals surface area contributed by atoms with Gasteiger partial charge in [-0.25, -0.2) is 0 Å². The number of hydrogen-bond donors (Lipinski definition) is 0. The third kappa shape index (κ3) is 1.90. The predicted molar refractivity (Wildman–Crippen MR) is 53.3 cm³/mol. The van der Waals surface area contributed by atoms with E-state index in [1.807, 2.05) is 6.91 Å². The molecule has 1 aliphatic rings. The Labute approximate surface area is 77.9 Å². The molecule has 1 fully saturated rings. The summed E-state index contributed by atoms with van der Waals surface area (Å²) in [6.45, 7) is 2.04. The molecule has 1 unspecified atom stereocenters. The molecule has 0 bridgehead atoms. The maximum atomic E-state index is 5.58. The average Bonchev–Trinajstić information content (AvgIpc) is 2.21. The van der Waals surface area contributed by atoms with Gasteiger partial charge < -0.3 is 0 Å². The fourth-order valence-corrected chi connectivity index (χ4v) is 2.15. The zero-order valence-electron chi connectivity index (χ0n) is 6.90. The Hall–Kier alpha value is -0.275. The third-order valence-corrected chi connectivity index (χ3v) is 2.87. The summed E-state index contributed by atoms with van der Waals surface area (Å²) in [5.74, 6) is 5.28. The van der Waals surface area contributed by atoms with Crippen molar-refractivity contribution in [1.82, 2.24) is 0 Å². The molecule has 1 aromatic rings. The van der Waals surface area contributed by atoms with E-state index in [9.17, 15) is 0 Å². The van der Waals surface area contributed by atoms with E-state index in [2.05, 4.69) is 24.1 Å². The van der Waals surface area contributed by atoms with E-state index in [1.54, 1.807) is 12.0 Å². The van der Waals surface area contributed by atoms with Gasteiger partial charge in [0, 0.05) is 0 Å².